The first-order valence-corrected chi connectivity index (χ1v) is 14.3. The molecule has 3 rings (SSSR count). The molecule has 182 valence electrons. The Bertz CT molecular complexity index is 899. The van der Waals surface area contributed by atoms with E-state index in [-0.39, 0.29) is 23.8 Å². The number of likely N-dealkylation sites (tertiary alicyclic amines) is 1. The van der Waals surface area contributed by atoms with E-state index in [1.165, 1.54) is 0 Å². The Balaban J connectivity index is 1.74. The van der Waals surface area contributed by atoms with Crippen molar-refractivity contribution in [2.75, 3.05) is 13.2 Å². The lowest BCUT2D eigenvalue weighted by atomic mass is 10.1. The summed E-state index contributed by atoms with van der Waals surface area (Å²) in [7, 11) is -2.06. The van der Waals surface area contributed by atoms with Gasteiger partial charge in [0, 0.05) is 6.54 Å². The number of hydrogen-bond acceptors (Lipinski definition) is 6. The lowest BCUT2D eigenvalue weighted by Gasteiger charge is -2.38. The number of benzene rings is 1. The number of hydrogen-bond donors (Lipinski definition) is 0. The monoisotopic (exact) mass is 476 g/mol. The number of rotatable bonds is 5. The van der Waals surface area contributed by atoms with E-state index in [2.05, 4.69) is 33.9 Å². The molecule has 2 atom stereocenters. The minimum Gasteiger partial charge on any atom is -0.444 e. The van der Waals surface area contributed by atoms with E-state index in [9.17, 15) is 14.4 Å². The van der Waals surface area contributed by atoms with Crippen LogP contribution in [0.4, 0.5) is 4.79 Å². The van der Waals surface area contributed by atoms with E-state index in [4.69, 9.17) is 14.0 Å². The number of carbonyl (C=O) groups excluding carboxylic acids is 3. The zero-order valence-corrected chi connectivity index (χ0v) is 21.9. The molecule has 0 N–H and O–H groups in total. The molecule has 1 aromatic carbocycles. The van der Waals surface area contributed by atoms with Gasteiger partial charge < -0.3 is 14.1 Å². The van der Waals surface area contributed by atoms with Crippen LogP contribution in [0.1, 0.15) is 68.7 Å². The molecule has 0 spiro atoms. The van der Waals surface area contributed by atoms with E-state index < -0.39 is 31.8 Å². The Morgan fingerprint density at radius 2 is 1.58 bits per heavy atom. The molecule has 2 aliphatic heterocycles. The van der Waals surface area contributed by atoms with E-state index >= 15 is 0 Å². The van der Waals surface area contributed by atoms with Crippen molar-refractivity contribution < 1.29 is 28.4 Å². The third-order valence-electron chi connectivity index (χ3n) is 6.42. The molecule has 8 nitrogen and oxygen atoms in total. The van der Waals surface area contributed by atoms with Crippen LogP contribution in [0.3, 0.4) is 0 Å². The van der Waals surface area contributed by atoms with Crippen molar-refractivity contribution >= 4 is 26.2 Å². The summed E-state index contributed by atoms with van der Waals surface area (Å²) < 4.78 is 12.2. The van der Waals surface area contributed by atoms with Gasteiger partial charge in [0.1, 0.15) is 5.60 Å². The maximum atomic E-state index is 12.9. The second kappa shape index (κ2) is 8.85. The molecule has 0 bridgehead atoms. The molecular weight excluding hydrogens is 440 g/mol. The van der Waals surface area contributed by atoms with Gasteiger partial charge in [-0.2, -0.15) is 0 Å². The first kappa shape index (κ1) is 25.4. The standard InChI is InChI=1S/C24H36N2O6Si/c1-23(2,3)31-22(29)25-14-17(32-33(7,8)24(4,5)6)13-16(25)15-30-26-20(27)18-11-9-10-12-19(18)21(26)28/h9-12,16-17H,13-15H2,1-8H3/t16?,17-/m1/s1. The van der Waals surface area contributed by atoms with Gasteiger partial charge in [-0.25, -0.2) is 4.79 Å². The molecule has 0 aliphatic carbocycles. The molecule has 0 saturated carbocycles. The zero-order chi connectivity index (χ0) is 24.8. The van der Waals surface area contributed by atoms with Crippen LogP contribution < -0.4 is 0 Å². The molecule has 9 heteroatoms. The summed E-state index contributed by atoms with van der Waals surface area (Å²) in [4.78, 5) is 45.5. The Hall–Kier alpha value is -2.23. The van der Waals surface area contributed by atoms with Crippen molar-refractivity contribution in [1.29, 1.82) is 0 Å². The average Bonchev–Trinajstić information content (AvgIpc) is 3.17. The summed E-state index contributed by atoms with van der Waals surface area (Å²) in [6, 6.07) is 6.23. The Labute approximate surface area is 197 Å². The molecule has 1 aromatic rings. The van der Waals surface area contributed by atoms with Crippen LogP contribution in [0.5, 0.6) is 0 Å². The molecular formula is C24H36N2O6Si. The highest BCUT2D eigenvalue weighted by Crippen LogP contribution is 2.39. The predicted octanol–water partition coefficient (Wildman–Crippen LogP) is 4.61. The van der Waals surface area contributed by atoms with Gasteiger partial charge in [-0.3, -0.25) is 14.4 Å². The van der Waals surface area contributed by atoms with Gasteiger partial charge >= 0.3 is 6.09 Å². The first-order chi connectivity index (χ1) is 15.1. The van der Waals surface area contributed by atoms with Crippen molar-refractivity contribution in [3.8, 4) is 0 Å². The van der Waals surface area contributed by atoms with Crippen molar-refractivity contribution in [2.24, 2.45) is 0 Å². The normalized spacial score (nSPS) is 21.6. The summed E-state index contributed by atoms with van der Waals surface area (Å²) in [5.41, 5.74) is -0.0160. The highest BCUT2D eigenvalue weighted by Gasteiger charge is 2.45. The van der Waals surface area contributed by atoms with E-state index in [1.54, 1.807) is 29.2 Å². The second-order valence-electron chi connectivity index (χ2n) is 11.3. The number of carbonyl (C=O) groups is 3. The van der Waals surface area contributed by atoms with Crippen LogP contribution in [0.15, 0.2) is 24.3 Å². The van der Waals surface area contributed by atoms with Crippen molar-refractivity contribution in [2.45, 2.75) is 83.8 Å². The fourth-order valence-electron chi connectivity index (χ4n) is 3.70. The van der Waals surface area contributed by atoms with Crippen LogP contribution in [0, 0.1) is 0 Å². The zero-order valence-electron chi connectivity index (χ0n) is 20.9. The van der Waals surface area contributed by atoms with Crippen LogP contribution in [0.2, 0.25) is 18.1 Å². The summed E-state index contributed by atoms with van der Waals surface area (Å²) in [5, 5.41) is 0.818. The quantitative estimate of drug-likeness (QED) is 0.456. The molecule has 2 aliphatic rings. The summed E-state index contributed by atoms with van der Waals surface area (Å²) in [6.07, 6.45) is -0.0939. The highest BCUT2D eigenvalue weighted by molar-refractivity contribution is 6.74. The summed E-state index contributed by atoms with van der Waals surface area (Å²) >= 11 is 0. The fourth-order valence-corrected chi connectivity index (χ4v) is 5.06. The second-order valence-corrected chi connectivity index (χ2v) is 16.0. The van der Waals surface area contributed by atoms with Gasteiger partial charge in [-0.05, 0) is 57.5 Å². The SMILES string of the molecule is CC(C)(C)OC(=O)N1C[C@H](O[Si](C)(C)C(C)(C)C)CC1CON1C(=O)c2ccccc2C1=O. The maximum Gasteiger partial charge on any atom is 0.410 e. The van der Waals surface area contributed by atoms with E-state index in [0.29, 0.717) is 24.1 Å². The smallest absolute Gasteiger partial charge is 0.410 e. The number of hydroxylamine groups is 2. The Morgan fingerprint density at radius 1 is 1.03 bits per heavy atom. The number of amides is 3. The van der Waals surface area contributed by atoms with Crippen LogP contribution >= 0.6 is 0 Å². The molecule has 1 saturated heterocycles. The Morgan fingerprint density at radius 3 is 2.06 bits per heavy atom. The molecule has 1 unspecified atom stereocenters. The number of imide groups is 1. The van der Waals surface area contributed by atoms with Gasteiger partial charge in [-0.1, -0.05) is 32.9 Å². The van der Waals surface area contributed by atoms with Crippen LogP contribution in [-0.4, -0.2) is 67.1 Å². The number of nitrogens with zero attached hydrogens (tertiary/aromatic N) is 2. The number of ether oxygens (including phenoxy) is 1. The van der Waals surface area contributed by atoms with Crippen molar-refractivity contribution in [3.05, 3.63) is 35.4 Å². The summed E-state index contributed by atoms with van der Waals surface area (Å²) in [5.74, 6) is -0.988. The van der Waals surface area contributed by atoms with Crippen LogP contribution in [-0.2, 0) is 14.0 Å². The number of fused-ring (bicyclic) bond motifs is 1. The van der Waals surface area contributed by atoms with Crippen molar-refractivity contribution in [1.82, 2.24) is 9.96 Å². The minimum atomic E-state index is -2.06. The molecule has 3 amide bonds. The van der Waals surface area contributed by atoms with E-state index in [1.807, 2.05) is 20.8 Å². The molecule has 0 radical (unpaired) electrons. The maximum absolute atomic E-state index is 12.9. The average molecular weight is 477 g/mol. The lowest BCUT2D eigenvalue weighted by Crippen LogP contribution is -2.45. The van der Waals surface area contributed by atoms with Crippen LogP contribution in [0.25, 0.3) is 0 Å². The van der Waals surface area contributed by atoms with Crippen molar-refractivity contribution in [3.63, 3.8) is 0 Å². The topological polar surface area (TPSA) is 85.4 Å². The Kier molecular flexibility index (Phi) is 6.81. The van der Waals surface area contributed by atoms with Gasteiger partial charge in [0.15, 0.2) is 8.32 Å². The minimum absolute atomic E-state index is 0.0118. The summed E-state index contributed by atoms with van der Waals surface area (Å²) in [6.45, 7) is 16.7. The first-order valence-electron chi connectivity index (χ1n) is 11.4. The largest absolute Gasteiger partial charge is 0.444 e. The predicted molar refractivity (Wildman–Crippen MR) is 126 cm³/mol. The van der Waals surface area contributed by atoms with Gasteiger partial charge in [0.2, 0.25) is 0 Å². The molecule has 33 heavy (non-hydrogen) atoms. The van der Waals surface area contributed by atoms with Gasteiger partial charge in [0.05, 0.1) is 29.9 Å². The van der Waals surface area contributed by atoms with Gasteiger partial charge in [0.25, 0.3) is 11.8 Å². The molecule has 0 aromatic heterocycles. The molecule has 1 fully saturated rings. The lowest BCUT2D eigenvalue weighted by molar-refractivity contribution is -0.104. The third kappa shape index (κ3) is 5.47. The fraction of sp³-hybridized carbons (Fsp3) is 0.625. The highest BCUT2D eigenvalue weighted by atomic mass is 28.4. The third-order valence-corrected chi connectivity index (χ3v) is 11.0. The van der Waals surface area contributed by atoms with Gasteiger partial charge in [-0.15, -0.1) is 5.06 Å². The molecule has 2 heterocycles. The van der Waals surface area contributed by atoms with E-state index in [0.717, 1.165) is 5.06 Å².